The standard InChI is InChI=1S/C26H16ClN3O3S2/c27-23-20(10-5-13-28-23)30-24(31)22(35-26(30)29-18-8-2-1-3-9-18)15-19-11-12-21(34-19)16-6-4-7-17(14-16)25(32)33/h1-15H,(H,32,33)/b22-15-,29-26?. The van der Waals surface area contributed by atoms with Crippen molar-refractivity contribution in [2.24, 2.45) is 4.99 Å². The predicted octanol–water partition coefficient (Wildman–Crippen LogP) is 6.97. The highest BCUT2D eigenvalue weighted by Gasteiger charge is 2.36. The Labute approximate surface area is 214 Å². The number of carbonyl (C=O) groups is 2. The van der Waals surface area contributed by atoms with Crippen molar-refractivity contribution >= 4 is 69.2 Å². The number of thiophene rings is 1. The third-order valence-electron chi connectivity index (χ3n) is 5.06. The van der Waals surface area contributed by atoms with E-state index in [0.29, 0.717) is 21.4 Å². The number of carbonyl (C=O) groups excluding carboxylic acids is 1. The molecule has 6 nitrogen and oxygen atoms in total. The minimum Gasteiger partial charge on any atom is -0.478 e. The number of rotatable bonds is 5. The van der Waals surface area contributed by atoms with E-state index in [2.05, 4.69) is 9.98 Å². The Kier molecular flexibility index (Phi) is 6.50. The van der Waals surface area contributed by atoms with E-state index in [9.17, 15) is 14.7 Å². The molecule has 172 valence electrons. The smallest absolute Gasteiger partial charge is 0.335 e. The molecular formula is C26H16ClN3O3S2. The number of aromatic carboxylic acids is 1. The highest BCUT2D eigenvalue weighted by atomic mass is 35.5. The van der Waals surface area contributed by atoms with Crippen molar-refractivity contribution < 1.29 is 14.7 Å². The van der Waals surface area contributed by atoms with E-state index in [0.717, 1.165) is 15.3 Å². The predicted molar refractivity (Wildman–Crippen MR) is 143 cm³/mol. The van der Waals surface area contributed by atoms with Gasteiger partial charge in [-0.1, -0.05) is 41.9 Å². The lowest BCUT2D eigenvalue weighted by Crippen LogP contribution is -2.29. The molecule has 0 aliphatic carbocycles. The van der Waals surface area contributed by atoms with Gasteiger partial charge in [0.1, 0.15) is 0 Å². The van der Waals surface area contributed by atoms with E-state index in [1.54, 1.807) is 36.5 Å². The van der Waals surface area contributed by atoms with Gasteiger partial charge in [-0.3, -0.25) is 9.69 Å². The Morgan fingerprint density at radius 1 is 1.03 bits per heavy atom. The van der Waals surface area contributed by atoms with Crippen LogP contribution in [0.1, 0.15) is 15.2 Å². The lowest BCUT2D eigenvalue weighted by atomic mass is 10.1. The lowest BCUT2D eigenvalue weighted by molar-refractivity contribution is -0.113. The summed E-state index contributed by atoms with van der Waals surface area (Å²) >= 11 is 9.05. The summed E-state index contributed by atoms with van der Waals surface area (Å²) in [5.74, 6) is -1.22. The maximum absolute atomic E-state index is 13.5. The molecule has 35 heavy (non-hydrogen) atoms. The minimum absolute atomic E-state index is 0.209. The Bertz CT molecular complexity index is 1500. The second-order valence-corrected chi connectivity index (χ2v) is 9.86. The summed E-state index contributed by atoms with van der Waals surface area (Å²) in [6.45, 7) is 0. The normalized spacial score (nSPS) is 15.8. The van der Waals surface area contributed by atoms with Gasteiger partial charge in [0.2, 0.25) is 0 Å². The minimum atomic E-state index is -0.974. The van der Waals surface area contributed by atoms with Gasteiger partial charge in [-0.05, 0) is 71.9 Å². The second kappa shape index (κ2) is 9.87. The molecule has 0 spiro atoms. The molecule has 0 atom stereocenters. The van der Waals surface area contributed by atoms with Gasteiger partial charge in [-0.15, -0.1) is 11.3 Å². The summed E-state index contributed by atoms with van der Waals surface area (Å²) in [6.07, 6.45) is 3.38. The number of hydrogen-bond donors (Lipinski definition) is 1. The van der Waals surface area contributed by atoms with E-state index < -0.39 is 5.97 Å². The SMILES string of the molecule is O=C(O)c1cccc(-c2ccc(/C=C3\SC(=Nc4ccccc4)N(c4cccnc4Cl)C3=O)s2)c1. The van der Waals surface area contributed by atoms with Gasteiger partial charge >= 0.3 is 5.97 Å². The molecular weight excluding hydrogens is 502 g/mol. The summed E-state index contributed by atoms with van der Waals surface area (Å²) in [4.78, 5) is 37.3. The van der Waals surface area contributed by atoms with Crippen molar-refractivity contribution in [3.05, 3.63) is 106 Å². The van der Waals surface area contributed by atoms with Gasteiger partial charge in [0.15, 0.2) is 10.3 Å². The number of anilines is 1. The number of amidine groups is 1. The van der Waals surface area contributed by atoms with Crippen molar-refractivity contribution in [3.8, 4) is 10.4 Å². The first kappa shape index (κ1) is 23.0. The molecule has 0 radical (unpaired) electrons. The second-order valence-electron chi connectivity index (χ2n) is 7.38. The molecule has 4 aromatic rings. The van der Waals surface area contributed by atoms with Crippen molar-refractivity contribution in [3.63, 3.8) is 0 Å². The van der Waals surface area contributed by atoms with Gasteiger partial charge in [0.25, 0.3) is 5.91 Å². The van der Waals surface area contributed by atoms with Crippen molar-refractivity contribution in [2.45, 2.75) is 0 Å². The molecule has 1 amide bonds. The highest BCUT2D eigenvalue weighted by Crippen LogP contribution is 2.40. The van der Waals surface area contributed by atoms with E-state index in [1.807, 2.05) is 54.6 Å². The fraction of sp³-hybridized carbons (Fsp3) is 0. The third-order valence-corrected chi connectivity index (χ3v) is 7.40. The van der Waals surface area contributed by atoms with Crippen LogP contribution in [0.4, 0.5) is 11.4 Å². The number of aromatic nitrogens is 1. The number of aliphatic imine (C=N–C) groups is 1. The fourth-order valence-electron chi connectivity index (χ4n) is 3.44. The number of benzene rings is 2. The van der Waals surface area contributed by atoms with Gasteiger partial charge in [-0.2, -0.15) is 0 Å². The number of halogens is 1. The molecule has 0 bridgehead atoms. The van der Waals surface area contributed by atoms with Crippen LogP contribution in [0.3, 0.4) is 0 Å². The molecule has 3 heterocycles. The largest absolute Gasteiger partial charge is 0.478 e. The topological polar surface area (TPSA) is 82.9 Å². The number of para-hydroxylation sites is 1. The van der Waals surface area contributed by atoms with Crippen molar-refractivity contribution in [2.75, 3.05) is 4.90 Å². The molecule has 2 aromatic heterocycles. The average Bonchev–Trinajstić information content (AvgIpc) is 3.45. The molecule has 1 N–H and O–H groups in total. The summed E-state index contributed by atoms with van der Waals surface area (Å²) in [7, 11) is 0. The maximum Gasteiger partial charge on any atom is 0.335 e. The number of hydrogen-bond acceptors (Lipinski definition) is 6. The van der Waals surface area contributed by atoms with Gasteiger partial charge in [-0.25, -0.2) is 14.8 Å². The van der Waals surface area contributed by atoms with Crippen LogP contribution in [0.2, 0.25) is 5.15 Å². The van der Waals surface area contributed by atoms with E-state index in [1.165, 1.54) is 28.0 Å². The molecule has 1 fully saturated rings. The number of carboxylic acids is 1. The molecule has 1 saturated heterocycles. The van der Waals surface area contributed by atoms with Crippen LogP contribution in [-0.2, 0) is 4.79 Å². The quantitative estimate of drug-likeness (QED) is 0.228. The summed E-state index contributed by atoms with van der Waals surface area (Å²) in [6, 6.07) is 23.4. The summed E-state index contributed by atoms with van der Waals surface area (Å²) in [5.41, 5.74) is 2.20. The Morgan fingerprint density at radius 2 is 1.86 bits per heavy atom. The maximum atomic E-state index is 13.5. The zero-order chi connectivity index (χ0) is 24.4. The van der Waals surface area contributed by atoms with Crippen LogP contribution in [0, 0.1) is 0 Å². The zero-order valence-electron chi connectivity index (χ0n) is 18.0. The lowest BCUT2D eigenvalue weighted by Gasteiger charge is -2.16. The Hall–Kier alpha value is -3.72. The van der Waals surface area contributed by atoms with E-state index in [4.69, 9.17) is 11.6 Å². The first-order valence-electron chi connectivity index (χ1n) is 10.4. The fourth-order valence-corrected chi connectivity index (χ4v) is 5.65. The Balaban J connectivity index is 1.51. The summed E-state index contributed by atoms with van der Waals surface area (Å²) in [5, 5.41) is 9.96. The number of carboxylic acid groups (broad SMARTS) is 1. The zero-order valence-corrected chi connectivity index (χ0v) is 20.3. The van der Waals surface area contributed by atoms with E-state index in [-0.39, 0.29) is 16.6 Å². The van der Waals surface area contributed by atoms with Crippen molar-refractivity contribution in [1.29, 1.82) is 0 Å². The third kappa shape index (κ3) is 4.90. The molecule has 0 unspecified atom stereocenters. The molecule has 2 aromatic carbocycles. The molecule has 0 saturated carbocycles. The van der Waals surface area contributed by atoms with Crippen LogP contribution in [0.5, 0.6) is 0 Å². The average molecular weight is 518 g/mol. The summed E-state index contributed by atoms with van der Waals surface area (Å²) < 4.78 is 0. The Morgan fingerprint density at radius 3 is 2.63 bits per heavy atom. The van der Waals surface area contributed by atoms with E-state index >= 15 is 0 Å². The van der Waals surface area contributed by atoms with Gasteiger partial charge in [0, 0.05) is 16.0 Å². The first-order chi connectivity index (χ1) is 17.0. The molecule has 1 aliphatic rings. The van der Waals surface area contributed by atoms with Crippen molar-refractivity contribution in [1.82, 2.24) is 4.98 Å². The van der Waals surface area contributed by atoms with Crippen LogP contribution in [-0.4, -0.2) is 27.1 Å². The van der Waals surface area contributed by atoms with Crippen LogP contribution >= 0.6 is 34.7 Å². The molecule has 5 rings (SSSR count). The van der Waals surface area contributed by atoms with Crippen LogP contribution in [0.15, 0.2) is 95.0 Å². The molecule has 1 aliphatic heterocycles. The number of thioether (sulfide) groups is 1. The van der Waals surface area contributed by atoms with Crippen LogP contribution < -0.4 is 4.90 Å². The van der Waals surface area contributed by atoms with Crippen LogP contribution in [0.25, 0.3) is 16.5 Å². The monoisotopic (exact) mass is 517 g/mol. The molecule has 9 heteroatoms. The highest BCUT2D eigenvalue weighted by molar-refractivity contribution is 8.19. The first-order valence-corrected chi connectivity index (χ1v) is 12.4. The number of pyridine rings is 1. The number of amides is 1. The van der Waals surface area contributed by atoms with Gasteiger partial charge < -0.3 is 5.11 Å². The number of nitrogens with zero attached hydrogens (tertiary/aromatic N) is 3. The van der Waals surface area contributed by atoms with Gasteiger partial charge in [0.05, 0.1) is 21.8 Å².